The topological polar surface area (TPSA) is 46.6 Å². The molecule has 2 fully saturated rings. The summed E-state index contributed by atoms with van der Waals surface area (Å²) in [5, 5.41) is 3.48. The maximum atomic E-state index is 5.98. The van der Waals surface area contributed by atoms with Crippen LogP contribution in [0.4, 0.5) is 5.69 Å². The predicted octanol–water partition coefficient (Wildman–Crippen LogP) is 4.34. The molecule has 162 valence electrons. The van der Waals surface area contributed by atoms with Crippen LogP contribution >= 0.6 is 0 Å². The van der Waals surface area contributed by atoms with E-state index in [1.807, 2.05) is 12.4 Å². The third-order valence-corrected chi connectivity index (χ3v) is 6.35. The maximum absolute atomic E-state index is 5.98. The Morgan fingerprint density at radius 1 is 1.10 bits per heavy atom. The second-order valence-electron chi connectivity index (χ2n) is 8.74. The molecule has 0 spiro atoms. The number of nitrogens with zero attached hydrogens (tertiary/aromatic N) is 2. The lowest BCUT2D eigenvalue weighted by Gasteiger charge is -2.33. The van der Waals surface area contributed by atoms with Gasteiger partial charge in [-0.3, -0.25) is 4.98 Å². The van der Waals surface area contributed by atoms with E-state index in [1.165, 1.54) is 42.5 Å². The van der Waals surface area contributed by atoms with Gasteiger partial charge in [0.15, 0.2) is 0 Å². The highest BCUT2D eigenvalue weighted by atomic mass is 16.5. The molecule has 2 aliphatic rings. The second kappa shape index (κ2) is 10.8. The first-order valence-electron chi connectivity index (χ1n) is 11.5. The van der Waals surface area contributed by atoms with Crippen molar-refractivity contribution < 1.29 is 9.47 Å². The molecule has 0 aliphatic carbocycles. The summed E-state index contributed by atoms with van der Waals surface area (Å²) in [5.41, 5.74) is 3.73. The van der Waals surface area contributed by atoms with Crippen LogP contribution in [0.25, 0.3) is 0 Å². The van der Waals surface area contributed by atoms with Crippen molar-refractivity contribution in [3.05, 3.63) is 53.9 Å². The Morgan fingerprint density at radius 3 is 2.70 bits per heavy atom. The van der Waals surface area contributed by atoms with Crippen molar-refractivity contribution in [1.82, 2.24) is 10.3 Å². The van der Waals surface area contributed by atoms with E-state index >= 15 is 0 Å². The molecular weight excluding hydrogens is 374 g/mol. The van der Waals surface area contributed by atoms with Gasteiger partial charge in [0.1, 0.15) is 12.4 Å². The fraction of sp³-hybridized carbons (Fsp3) is 0.560. The van der Waals surface area contributed by atoms with Gasteiger partial charge in [-0.2, -0.15) is 0 Å². The van der Waals surface area contributed by atoms with Crippen molar-refractivity contribution >= 4 is 5.69 Å². The minimum Gasteiger partial charge on any atom is -0.490 e. The van der Waals surface area contributed by atoms with Gasteiger partial charge in [0, 0.05) is 31.8 Å². The Hall–Kier alpha value is -2.11. The summed E-state index contributed by atoms with van der Waals surface area (Å²) in [6.45, 7) is 7.68. The smallest absolute Gasteiger partial charge is 0.139 e. The van der Waals surface area contributed by atoms with E-state index in [1.54, 1.807) is 0 Å². The van der Waals surface area contributed by atoms with Gasteiger partial charge < -0.3 is 19.7 Å². The average molecular weight is 410 g/mol. The number of anilines is 1. The molecule has 2 aromatic rings. The molecule has 0 amide bonds. The van der Waals surface area contributed by atoms with Crippen molar-refractivity contribution in [2.45, 2.75) is 51.7 Å². The highest BCUT2D eigenvalue weighted by molar-refractivity contribution is 5.48. The number of benzene rings is 1. The molecule has 0 saturated carbocycles. The molecule has 0 radical (unpaired) electrons. The van der Waals surface area contributed by atoms with E-state index in [0.717, 1.165) is 50.9 Å². The Balaban J connectivity index is 1.16. The van der Waals surface area contributed by atoms with Gasteiger partial charge in [-0.25, -0.2) is 0 Å². The van der Waals surface area contributed by atoms with Gasteiger partial charge in [-0.05, 0) is 57.1 Å². The molecule has 3 heterocycles. The molecule has 1 N–H and O–H groups in total. The monoisotopic (exact) mass is 409 g/mol. The van der Waals surface area contributed by atoms with Gasteiger partial charge in [0.25, 0.3) is 0 Å². The van der Waals surface area contributed by atoms with Crippen LogP contribution in [0.5, 0.6) is 5.75 Å². The summed E-state index contributed by atoms with van der Waals surface area (Å²) < 4.78 is 11.9. The zero-order chi connectivity index (χ0) is 20.6. The number of aryl methyl sites for hydroxylation is 1. The summed E-state index contributed by atoms with van der Waals surface area (Å²) >= 11 is 0. The maximum Gasteiger partial charge on any atom is 0.139 e. The van der Waals surface area contributed by atoms with Crippen LogP contribution in [-0.2, 0) is 11.3 Å². The Kier molecular flexibility index (Phi) is 7.59. The van der Waals surface area contributed by atoms with Crippen LogP contribution in [0.15, 0.2) is 42.7 Å². The lowest BCUT2D eigenvalue weighted by molar-refractivity contribution is 0.104. The third-order valence-electron chi connectivity index (χ3n) is 6.35. The Labute approximate surface area is 180 Å². The first kappa shape index (κ1) is 21.1. The lowest BCUT2D eigenvalue weighted by Crippen LogP contribution is -2.34. The molecule has 30 heavy (non-hydrogen) atoms. The van der Waals surface area contributed by atoms with E-state index in [0.29, 0.717) is 12.6 Å². The van der Waals surface area contributed by atoms with Crippen LogP contribution in [0.2, 0.25) is 0 Å². The fourth-order valence-corrected chi connectivity index (χ4v) is 4.36. The van der Waals surface area contributed by atoms with Crippen molar-refractivity contribution in [3.8, 4) is 5.75 Å². The van der Waals surface area contributed by atoms with Crippen LogP contribution in [0, 0.1) is 12.8 Å². The number of nitrogens with one attached hydrogen (secondary N) is 1. The molecule has 5 heteroatoms. The number of piperidine rings is 1. The van der Waals surface area contributed by atoms with E-state index < -0.39 is 0 Å². The number of hydrogen-bond donors (Lipinski definition) is 1. The van der Waals surface area contributed by atoms with E-state index in [2.05, 4.69) is 52.5 Å². The summed E-state index contributed by atoms with van der Waals surface area (Å²) in [6.07, 6.45) is 9.82. The van der Waals surface area contributed by atoms with E-state index in [-0.39, 0.29) is 0 Å². The summed E-state index contributed by atoms with van der Waals surface area (Å²) in [6, 6.07) is 11.2. The standard InChI is InChI=1S/C25H35N3O2/c1-20-4-6-22(7-5-20)18-29-14-10-21-8-12-28(13-9-21)24-15-25(17-26-16-24)30-19-23-3-2-11-27-23/h4-7,15-17,21,23,27H,2-3,8-14,18-19H2,1H3. The average Bonchev–Trinajstić information content (AvgIpc) is 3.31. The van der Waals surface area contributed by atoms with Gasteiger partial charge >= 0.3 is 0 Å². The molecule has 1 aromatic heterocycles. The number of aromatic nitrogens is 1. The van der Waals surface area contributed by atoms with E-state index in [4.69, 9.17) is 9.47 Å². The molecular formula is C25H35N3O2. The summed E-state index contributed by atoms with van der Waals surface area (Å²) in [7, 11) is 0. The minimum atomic E-state index is 0.484. The molecule has 5 nitrogen and oxygen atoms in total. The van der Waals surface area contributed by atoms with Crippen LogP contribution < -0.4 is 15.0 Å². The molecule has 1 unspecified atom stereocenters. The molecule has 1 aromatic carbocycles. The molecule has 4 rings (SSSR count). The molecule has 1 atom stereocenters. The molecule has 2 saturated heterocycles. The minimum absolute atomic E-state index is 0.484. The van der Waals surface area contributed by atoms with Gasteiger partial charge in [-0.15, -0.1) is 0 Å². The van der Waals surface area contributed by atoms with Gasteiger partial charge in [0.05, 0.1) is 24.7 Å². The second-order valence-corrected chi connectivity index (χ2v) is 8.74. The van der Waals surface area contributed by atoms with Gasteiger partial charge in [-0.1, -0.05) is 29.8 Å². The predicted molar refractivity (Wildman–Crippen MR) is 121 cm³/mol. The highest BCUT2D eigenvalue weighted by Crippen LogP contribution is 2.27. The van der Waals surface area contributed by atoms with Crippen molar-refractivity contribution in [2.24, 2.45) is 5.92 Å². The third kappa shape index (κ3) is 6.19. The molecule has 0 bridgehead atoms. The lowest BCUT2D eigenvalue weighted by atomic mass is 9.94. The first-order chi connectivity index (χ1) is 14.8. The SMILES string of the molecule is Cc1ccc(COCCC2CCN(c3cncc(OCC4CCCN4)c3)CC2)cc1. The highest BCUT2D eigenvalue weighted by Gasteiger charge is 2.20. The fourth-order valence-electron chi connectivity index (χ4n) is 4.36. The zero-order valence-corrected chi connectivity index (χ0v) is 18.2. The summed E-state index contributed by atoms with van der Waals surface area (Å²) in [4.78, 5) is 6.85. The van der Waals surface area contributed by atoms with Crippen LogP contribution in [-0.4, -0.2) is 43.9 Å². The van der Waals surface area contributed by atoms with Crippen molar-refractivity contribution in [3.63, 3.8) is 0 Å². The van der Waals surface area contributed by atoms with Crippen molar-refractivity contribution in [1.29, 1.82) is 0 Å². The van der Waals surface area contributed by atoms with Gasteiger partial charge in [0.2, 0.25) is 0 Å². The number of hydrogen-bond acceptors (Lipinski definition) is 5. The van der Waals surface area contributed by atoms with Crippen molar-refractivity contribution in [2.75, 3.05) is 37.7 Å². The van der Waals surface area contributed by atoms with Crippen LogP contribution in [0.1, 0.15) is 43.2 Å². The zero-order valence-electron chi connectivity index (χ0n) is 18.2. The summed E-state index contributed by atoms with van der Waals surface area (Å²) in [5.74, 6) is 1.63. The Morgan fingerprint density at radius 2 is 1.93 bits per heavy atom. The van der Waals surface area contributed by atoms with E-state index in [9.17, 15) is 0 Å². The number of rotatable bonds is 9. The largest absolute Gasteiger partial charge is 0.490 e. The molecule has 2 aliphatic heterocycles. The number of pyridine rings is 1. The first-order valence-corrected chi connectivity index (χ1v) is 11.5. The normalized spacial score (nSPS) is 19.9. The van der Waals surface area contributed by atoms with Crippen LogP contribution in [0.3, 0.4) is 0 Å². The quantitative estimate of drug-likeness (QED) is 0.624. The number of ether oxygens (including phenoxy) is 2. The Bertz CT molecular complexity index is 766.